The standard InChI is InChI=1S/C19H18N2O6S/c1-20-19-21(2)17(22)16(28-19)9-11-4-6-13(15(8-11)25-3)26-10-12-5-7-14(27-12)18(23)24/h4-9H,10H2,1-3H3,(H,23,24). The van der Waals surface area contributed by atoms with Crippen LogP contribution in [0.3, 0.4) is 0 Å². The minimum absolute atomic E-state index is 0.0551. The van der Waals surface area contributed by atoms with Gasteiger partial charge in [0, 0.05) is 14.1 Å². The molecule has 2 aromatic rings. The van der Waals surface area contributed by atoms with Crippen molar-refractivity contribution in [2.24, 2.45) is 4.99 Å². The van der Waals surface area contributed by atoms with Crippen LogP contribution in [0, 0.1) is 0 Å². The first-order valence-corrected chi connectivity index (χ1v) is 9.01. The van der Waals surface area contributed by atoms with Crippen molar-refractivity contribution in [2.75, 3.05) is 21.2 Å². The maximum atomic E-state index is 12.3. The van der Waals surface area contributed by atoms with Crippen molar-refractivity contribution in [1.29, 1.82) is 0 Å². The Morgan fingerprint density at radius 3 is 2.71 bits per heavy atom. The number of aliphatic imine (C=N–C) groups is 1. The monoisotopic (exact) mass is 402 g/mol. The van der Waals surface area contributed by atoms with Crippen LogP contribution in [-0.4, -0.2) is 48.3 Å². The highest BCUT2D eigenvalue weighted by molar-refractivity contribution is 8.18. The van der Waals surface area contributed by atoms with Crippen LogP contribution in [0.4, 0.5) is 0 Å². The summed E-state index contributed by atoms with van der Waals surface area (Å²) in [6, 6.07) is 8.18. The maximum absolute atomic E-state index is 12.3. The molecule has 0 radical (unpaired) electrons. The summed E-state index contributed by atoms with van der Waals surface area (Å²) in [5.41, 5.74) is 0.775. The van der Waals surface area contributed by atoms with E-state index in [1.54, 1.807) is 44.4 Å². The molecule has 9 heteroatoms. The van der Waals surface area contributed by atoms with Gasteiger partial charge in [0.25, 0.3) is 5.91 Å². The van der Waals surface area contributed by atoms with Crippen LogP contribution in [0.1, 0.15) is 21.9 Å². The number of amidine groups is 1. The highest BCUT2D eigenvalue weighted by atomic mass is 32.2. The minimum Gasteiger partial charge on any atom is -0.493 e. The molecule has 1 saturated heterocycles. The minimum atomic E-state index is -1.14. The van der Waals surface area contributed by atoms with Gasteiger partial charge in [0.05, 0.1) is 12.0 Å². The molecule has 8 nitrogen and oxygen atoms in total. The SMILES string of the molecule is CN=C1SC(=Cc2ccc(OCc3ccc(C(=O)O)o3)c(OC)c2)C(=O)N1C. The molecule has 0 bridgehead atoms. The summed E-state index contributed by atoms with van der Waals surface area (Å²) in [5.74, 6) is -0.0672. The van der Waals surface area contributed by atoms with E-state index in [2.05, 4.69) is 4.99 Å². The first kappa shape index (κ1) is 19.6. The highest BCUT2D eigenvalue weighted by Crippen LogP contribution is 2.34. The highest BCUT2D eigenvalue weighted by Gasteiger charge is 2.29. The van der Waals surface area contributed by atoms with E-state index in [1.807, 2.05) is 0 Å². The number of benzene rings is 1. The molecule has 0 unspecified atom stereocenters. The number of carbonyl (C=O) groups excluding carboxylic acids is 1. The van der Waals surface area contributed by atoms with Gasteiger partial charge in [-0.05, 0) is 47.7 Å². The second-order valence-corrected chi connectivity index (χ2v) is 6.76. The number of carboxylic acids is 1. The summed E-state index contributed by atoms with van der Waals surface area (Å²) in [4.78, 5) is 29.3. The van der Waals surface area contributed by atoms with Gasteiger partial charge >= 0.3 is 5.97 Å². The number of methoxy groups -OCH3 is 1. The lowest BCUT2D eigenvalue weighted by molar-refractivity contribution is -0.121. The predicted molar refractivity (Wildman–Crippen MR) is 105 cm³/mol. The topological polar surface area (TPSA) is 102 Å². The number of hydrogen-bond acceptors (Lipinski definition) is 7. The Bertz CT molecular complexity index is 979. The van der Waals surface area contributed by atoms with Gasteiger partial charge in [-0.2, -0.15) is 0 Å². The van der Waals surface area contributed by atoms with E-state index in [0.29, 0.717) is 27.3 Å². The number of thioether (sulfide) groups is 1. The van der Waals surface area contributed by atoms with Crippen LogP contribution in [0.15, 0.2) is 44.6 Å². The number of nitrogens with zero attached hydrogens (tertiary/aromatic N) is 2. The number of likely N-dealkylation sites (N-methyl/N-ethyl adjacent to an activating group) is 1. The summed E-state index contributed by atoms with van der Waals surface area (Å²) in [5, 5.41) is 9.53. The lowest BCUT2D eigenvalue weighted by atomic mass is 10.2. The van der Waals surface area contributed by atoms with Gasteiger partial charge in [0.15, 0.2) is 16.7 Å². The first-order chi connectivity index (χ1) is 13.4. The molecule has 28 heavy (non-hydrogen) atoms. The number of hydrogen-bond donors (Lipinski definition) is 1. The van der Waals surface area contributed by atoms with Crippen molar-refractivity contribution in [3.05, 3.63) is 52.3 Å². The summed E-state index contributed by atoms with van der Waals surface area (Å²) >= 11 is 1.31. The third kappa shape index (κ3) is 4.04. The van der Waals surface area contributed by atoms with Crippen molar-refractivity contribution in [3.8, 4) is 11.5 Å². The van der Waals surface area contributed by atoms with E-state index >= 15 is 0 Å². The molecule has 3 rings (SSSR count). The third-order valence-electron chi connectivity index (χ3n) is 3.92. The molecule has 1 N–H and O–H groups in total. The Kier molecular flexibility index (Phi) is 5.74. The Morgan fingerprint density at radius 1 is 1.32 bits per heavy atom. The van der Waals surface area contributed by atoms with Crippen molar-refractivity contribution in [2.45, 2.75) is 6.61 Å². The van der Waals surface area contributed by atoms with Gasteiger partial charge in [-0.3, -0.25) is 14.7 Å². The molecule has 0 atom stereocenters. The molecular weight excluding hydrogens is 384 g/mol. The summed E-state index contributed by atoms with van der Waals surface area (Å²) < 4.78 is 16.2. The van der Waals surface area contributed by atoms with Crippen LogP contribution < -0.4 is 9.47 Å². The number of rotatable bonds is 6. The van der Waals surface area contributed by atoms with Crippen molar-refractivity contribution in [1.82, 2.24) is 4.90 Å². The number of aromatic carboxylic acids is 1. The molecular formula is C19H18N2O6S. The second kappa shape index (κ2) is 8.22. The molecule has 146 valence electrons. The first-order valence-electron chi connectivity index (χ1n) is 8.20. The third-order valence-corrected chi connectivity index (χ3v) is 5.07. The Balaban J connectivity index is 1.76. The Hall–Kier alpha value is -3.20. The van der Waals surface area contributed by atoms with E-state index < -0.39 is 5.97 Å². The fourth-order valence-electron chi connectivity index (χ4n) is 2.51. The zero-order valence-electron chi connectivity index (χ0n) is 15.5. The predicted octanol–water partition coefficient (Wildman–Crippen LogP) is 3.10. The number of amides is 1. The molecule has 2 heterocycles. The maximum Gasteiger partial charge on any atom is 0.371 e. The number of carbonyl (C=O) groups is 2. The van der Waals surface area contributed by atoms with Gasteiger partial charge in [-0.25, -0.2) is 4.79 Å². The number of carboxylic acid groups (broad SMARTS) is 1. The van der Waals surface area contributed by atoms with Crippen molar-refractivity contribution >= 4 is 34.9 Å². The molecule has 1 fully saturated rings. The van der Waals surface area contributed by atoms with Gasteiger partial charge in [0.1, 0.15) is 12.4 Å². The van der Waals surface area contributed by atoms with Crippen LogP contribution >= 0.6 is 11.8 Å². The number of ether oxygens (including phenoxy) is 2. The van der Waals surface area contributed by atoms with Crippen LogP contribution in [0.25, 0.3) is 6.08 Å². The Labute approximate surface area is 165 Å². The zero-order chi connectivity index (χ0) is 20.3. The summed E-state index contributed by atoms with van der Waals surface area (Å²) in [6.45, 7) is 0.0551. The average molecular weight is 402 g/mol. The van der Waals surface area contributed by atoms with E-state index in [0.717, 1.165) is 5.56 Å². The van der Waals surface area contributed by atoms with Gasteiger partial charge in [-0.1, -0.05) is 6.07 Å². The molecule has 1 aliphatic heterocycles. The second-order valence-electron chi connectivity index (χ2n) is 5.75. The van der Waals surface area contributed by atoms with Gasteiger partial charge in [-0.15, -0.1) is 0 Å². The van der Waals surface area contributed by atoms with Crippen molar-refractivity contribution < 1.29 is 28.6 Å². The van der Waals surface area contributed by atoms with E-state index in [-0.39, 0.29) is 18.3 Å². The molecule has 1 aliphatic rings. The van der Waals surface area contributed by atoms with E-state index in [1.165, 1.54) is 29.8 Å². The van der Waals surface area contributed by atoms with E-state index in [4.69, 9.17) is 19.0 Å². The largest absolute Gasteiger partial charge is 0.493 e. The Morgan fingerprint density at radius 2 is 2.11 bits per heavy atom. The normalized spacial score (nSPS) is 16.8. The summed E-state index contributed by atoms with van der Waals surface area (Å²) in [6.07, 6.45) is 1.76. The summed E-state index contributed by atoms with van der Waals surface area (Å²) in [7, 11) is 4.84. The molecule has 1 aromatic carbocycles. The molecule has 1 aromatic heterocycles. The smallest absolute Gasteiger partial charge is 0.371 e. The molecule has 1 amide bonds. The zero-order valence-corrected chi connectivity index (χ0v) is 16.3. The van der Waals surface area contributed by atoms with Crippen LogP contribution in [0.5, 0.6) is 11.5 Å². The lowest BCUT2D eigenvalue weighted by Gasteiger charge is -2.10. The average Bonchev–Trinajstić information content (AvgIpc) is 3.27. The fourth-order valence-corrected chi connectivity index (χ4v) is 3.44. The fraction of sp³-hybridized carbons (Fsp3) is 0.211. The lowest BCUT2D eigenvalue weighted by Crippen LogP contribution is -2.23. The van der Waals surface area contributed by atoms with Crippen LogP contribution in [-0.2, 0) is 11.4 Å². The quantitative estimate of drug-likeness (QED) is 0.741. The molecule has 0 aliphatic carbocycles. The van der Waals surface area contributed by atoms with Gasteiger partial charge in [0.2, 0.25) is 5.76 Å². The molecule has 0 saturated carbocycles. The molecule has 0 spiro atoms. The van der Waals surface area contributed by atoms with E-state index in [9.17, 15) is 9.59 Å². The van der Waals surface area contributed by atoms with Gasteiger partial charge < -0.3 is 19.0 Å². The van der Waals surface area contributed by atoms with Crippen molar-refractivity contribution in [3.63, 3.8) is 0 Å². The van der Waals surface area contributed by atoms with Crippen LogP contribution in [0.2, 0.25) is 0 Å². The number of furan rings is 1.